The zero-order valence-corrected chi connectivity index (χ0v) is 10.3. The summed E-state index contributed by atoms with van der Waals surface area (Å²) in [4.78, 5) is 7.85. The lowest BCUT2D eigenvalue weighted by Gasteiger charge is -2.21. The van der Waals surface area contributed by atoms with E-state index in [1.807, 2.05) is 13.8 Å². The van der Waals surface area contributed by atoms with Gasteiger partial charge in [-0.2, -0.15) is 0 Å². The van der Waals surface area contributed by atoms with Gasteiger partial charge in [-0.1, -0.05) is 25.4 Å². The van der Waals surface area contributed by atoms with Gasteiger partial charge in [0.2, 0.25) is 0 Å². The van der Waals surface area contributed by atoms with Crippen LogP contribution >= 0.6 is 11.6 Å². The molecule has 0 saturated carbocycles. The van der Waals surface area contributed by atoms with Crippen LogP contribution < -0.4 is 10.1 Å². The topological polar surface area (TPSA) is 67.3 Å². The summed E-state index contributed by atoms with van der Waals surface area (Å²) in [5.74, 6) is 1.15. The van der Waals surface area contributed by atoms with E-state index in [4.69, 9.17) is 16.3 Å². The lowest BCUT2D eigenvalue weighted by Crippen LogP contribution is -2.30. The number of nitrogens with zero attached hydrogens (tertiary/aromatic N) is 2. The quantitative estimate of drug-likeness (QED) is 0.771. The third-order valence-corrected chi connectivity index (χ3v) is 2.56. The number of hydrogen-bond donors (Lipinski definition) is 2. The first-order valence-electron chi connectivity index (χ1n) is 5.02. The van der Waals surface area contributed by atoms with Crippen molar-refractivity contribution in [3.63, 3.8) is 0 Å². The van der Waals surface area contributed by atoms with E-state index in [2.05, 4.69) is 15.3 Å². The Bertz CT molecular complexity index is 347. The molecule has 1 atom stereocenters. The summed E-state index contributed by atoms with van der Waals surface area (Å²) >= 11 is 5.86. The Hall–Kier alpha value is -1.07. The number of aliphatic hydroxyl groups is 1. The van der Waals surface area contributed by atoms with Gasteiger partial charge in [0.15, 0.2) is 16.7 Å². The minimum Gasteiger partial charge on any atom is -0.490 e. The molecule has 0 aliphatic heterocycles. The van der Waals surface area contributed by atoms with Crippen LogP contribution in [0.2, 0.25) is 5.15 Å². The fourth-order valence-electron chi connectivity index (χ4n) is 1.23. The summed E-state index contributed by atoms with van der Waals surface area (Å²) in [5, 5.41) is 12.5. The minimum atomic E-state index is -0.0973. The maximum atomic E-state index is 9.21. The first-order chi connectivity index (χ1) is 7.60. The highest BCUT2D eigenvalue weighted by atomic mass is 35.5. The average molecular weight is 246 g/mol. The standard InChI is InChI=1S/C10H16ClN3O2/c1-6(2)7(4-15)14-10-8(16-3)9(11)12-5-13-10/h5-7,15H,4H2,1-3H3,(H,12,13,14)/t7-/m1/s1. The second-order valence-corrected chi connectivity index (χ2v) is 4.08. The zero-order valence-electron chi connectivity index (χ0n) is 9.57. The van der Waals surface area contributed by atoms with Crippen LogP contribution in [-0.4, -0.2) is 34.8 Å². The molecule has 6 heteroatoms. The summed E-state index contributed by atoms with van der Waals surface area (Å²) in [5.41, 5.74) is 0. The highest BCUT2D eigenvalue weighted by molar-refractivity contribution is 6.31. The molecule has 1 rings (SSSR count). The molecule has 0 radical (unpaired) electrons. The molecule has 0 fully saturated rings. The zero-order chi connectivity index (χ0) is 12.1. The van der Waals surface area contributed by atoms with Gasteiger partial charge in [-0.05, 0) is 5.92 Å². The van der Waals surface area contributed by atoms with Gasteiger partial charge in [0.1, 0.15) is 6.33 Å². The SMILES string of the molecule is COc1c(Cl)ncnc1N[C@H](CO)C(C)C. The van der Waals surface area contributed by atoms with Crippen LogP contribution in [0.4, 0.5) is 5.82 Å². The molecule has 16 heavy (non-hydrogen) atoms. The number of nitrogens with one attached hydrogen (secondary N) is 1. The fraction of sp³-hybridized carbons (Fsp3) is 0.600. The van der Waals surface area contributed by atoms with Crippen molar-refractivity contribution in [1.82, 2.24) is 9.97 Å². The first kappa shape index (κ1) is 13.0. The van der Waals surface area contributed by atoms with Crippen molar-refractivity contribution < 1.29 is 9.84 Å². The summed E-state index contributed by atoms with van der Waals surface area (Å²) in [6.45, 7) is 4.02. The lowest BCUT2D eigenvalue weighted by molar-refractivity contribution is 0.248. The van der Waals surface area contributed by atoms with Gasteiger partial charge in [-0.3, -0.25) is 0 Å². The summed E-state index contributed by atoms with van der Waals surface area (Å²) in [6, 6.07) is -0.0973. The fourth-order valence-corrected chi connectivity index (χ4v) is 1.44. The molecule has 5 nitrogen and oxygen atoms in total. The van der Waals surface area contributed by atoms with Crippen LogP contribution in [-0.2, 0) is 0 Å². The van der Waals surface area contributed by atoms with Crippen LogP contribution in [0.25, 0.3) is 0 Å². The summed E-state index contributed by atoms with van der Waals surface area (Å²) < 4.78 is 5.10. The van der Waals surface area contributed by atoms with Crippen LogP contribution in [0.5, 0.6) is 5.75 Å². The second kappa shape index (κ2) is 5.86. The van der Waals surface area contributed by atoms with Crippen molar-refractivity contribution in [2.75, 3.05) is 19.0 Å². The van der Waals surface area contributed by atoms with E-state index in [0.717, 1.165) is 0 Å². The molecule has 0 unspecified atom stereocenters. The molecular weight excluding hydrogens is 230 g/mol. The van der Waals surface area contributed by atoms with Crippen molar-refractivity contribution in [3.05, 3.63) is 11.5 Å². The van der Waals surface area contributed by atoms with Crippen molar-refractivity contribution in [2.45, 2.75) is 19.9 Å². The van der Waals surface area contributed by atoms with Gasteiger partial charge in [0.25, 0.3) is 0 Å². The Labute approximate surface area is 99.8 Å². The van der Waals surface area contributed by atoms with Gasteiger partial charge < -0.3 is 15.2 Å². The van der Waals surface area contributed by atoms with Crippen LogP contribution in [0.3, 0.4) is 0 Å². The van der Waals surface area contributed by atoms with Gasteiger partial charge in [-0.25, -0.2) is 9.97 Å². The van der Waals surface area contributed by atoms with Gasteiger partial charge in [0, 0.05) is 0 Å². The molecule has 0 bridgehead atoms. The van der Waals surface area contributed by atoms with Gasteiger partial charge in [-0.15, -0.1) is 0 Å². The largest absolute Gasteiger partial charge is 0.490 e. The maximum Gasteiger partial charge on any atom is 0.198 e. The Morgan fingerprint density at radius 2 is 2.19 bits per heavy atom. The van der Waals surface area contributed by atoms with Crippen molar-refractivity contribution in [2.24, 2.45) is 5.92 Å². The highest BCUT2D eigenvalue weighted by Gasteiger charge is 2.17. The normalized spacial score (nSPS) is 12.6. The number of halogens is 1. The van der Waals surface area contributed by atoms with Crippen LogP contribution in [0, 0.1) is 5.92 Å². The molecule has 1 aromatic heterocycles. The molecule has 0 spiro atoms. The molecule has 2 N–H and O–H groups in total. The van der Waals surface area contributed by atoms with E-state index in [-0.39, 0.29) is 23.7 Å². The Balaban J connectivity index is 2.91. The third kappa shape index (κ3) is 2.96. The minimum absolute atomic E-state index is 0.0163. The van der Waals surface area contributed by atoms with Crippen molar-refractivity contribution in [3.8, 4) is 5.75 Å². The molecule has 1 aromatic rings. The van der Waals surface area contributed by atoms with Crippen molar-refractivity contribution in [1.29, 1.82) is 0 Å². The molecular formula is C10H16ClN3O2. The second-order valence-electron chi connectivity index (χ2n) is 3.72. The van der Waals surface area contributed by atoms with E-state index in [0.29, 0.717) is 11.6 Å². The van der Waals surface area contributed by atoms with E-state index in [1.54, 1.807) is 0 Å². The van der Waals surface area contributed by atoms with Crippen molar-refractivity contribution >= 4 is 17.4 Å². The number of rotatable bonds is 5. The lowest BCUT2D eigenvalue weighted by atomic mass is 10.1. The number of methoxy groups -OCH3 is 1. The number of aliphatic hydroxyl groups excluding tert-OH is 1. The van der Waals surface area contributed by atoms with E-state index in [9.17, 15) is 5.11 Å². The molecule has 0 aromatic carbocycles. The third-order valence-electron chi connectivity index (χ3n) is 2.29. The molecule has 90 valence electrons. The summed E-state index contributed by atoms with van der Waals surface area (Å²) in [7, 11) is 1.50. The molecule has 0 aliphatic rings. The number of anilines is 1. The smallest absolute Gasteiger partial charge is 0.198 e. The molecule has 1 heterocycles. The first-order valence-corrected chi connectivity index (χ1v) is 5.39. The van der Waals surface area contributed by atoms with E-state index in [1.165, 1.54) is 13.4 Å². The number of hydrogen-bond acceptors (Lipinski definition) is 5. The number of aromatic nitrogens is 2. The highest BCUT2D eigenvalue weighted by Crippen LogP contribution is 2.29. The molecule has 0 amide bonds. The van der Waals surface area contributed by atoms with E-state index < -0.39 is 0 Å². The monoisotopic (exact) mass is 245 g/mol. The predicted molar refractivity (Wildman–Crippen MR) is 62.9 cm³/mol. The van der Waals surface area contributed by atoms with Gasteiger partial charge in [0.05, 0.1) is 19.8 Å². The van der Waals surface area contributed by atoms with Gasteiger partial charge >= 0.3 is 0 Å². The van der Waals surface area contributed by atoms with Crippen LogP contribution in [0.1, 0.15) is 13.8 Å². The molecule has 0 saturated heterocycles. The summed E-state index contributed by atoms with van der Waals surface area (Å²) in [6.07, 6.45) is 1.35. The predicted octanol–water partition coefficient (Wildman–Crippen LogP) is 1.57. The maximum absolute atomic E-state index is 9.21. The number of ether oxygens (including phenoxy) is 1. The Kier molecular flexibility index (Phi) is 4.76. The van der Waals surface area contributed by atoms with Crippen LogP contribution in [0.15, 0.2) is 6.33 Å². The van der Waals surface area contributed by atoms with E-state index >= 15 is 0 Å². The Morgan fingerprint density at radius 3 is 2.69 bits per heavy atom. The Morgan fingerprint density at radius 1 is 1.50 bits per heavy atom. The average Bonchev–Trinajstić information content (AvgIpc) is 2.25. The molecule has 0 aliphatic carbocycles.